The molecule has 1 unspecified atom stereocenters. The predicted molar refractivity (Wildman–Crippen MR) is 68.4 cm³/mol. The van der Waals surface area contributed by atoms with Gasteiger partial charge in [0, 0.05) is 12.0 Å². The lowest BCUT2D eigenvalue weighted by atomic mass is 10.00. The van der Waals surface area contributed by atoms with Gasteiger partial charge in [0.05, 0.1) is 6.04 Å². The van der Waals surface area contributed by atoms with Crippen molar-refractivity contribution >= 4 is 17.2 Å². The lowest BCUT2D eigenvalue weighted by molar-refractivity contribution is -0.122. The molecule has 3 N–H and O–H groups in total. The van der Waals surface area contributed by atoms with Crippen LogP contribution in [0.3, 0.4) is 0 Å². The van der Waals surface area contributed by atoms with Crippen LogP contribution in [0.25, 0.3) is 0 Å². The van der Waals surface area contributed by atoms with Crippen LogP contribution in [-0.4, -0.2) is 11.4 Å². The van der Waals surface area contributed by atoms with Crippen LogP contribution >= 0.6 is 11.3 Å². The van der Waals surface area contributed by atoms with Crippen LogP contribution in [0, 0.1) is 0 Å². The molecule has 0 aliphatic heterocycles. The third-order valence-corrected chi connectivity index (χ3v) is 3.12. The number of carbonyl (C=O) groups is 1. The highest BCUT2D eigenvalue weighted by Crippen LogP contribution is 2.16. The van der Waals surface area contributed by atoms with Gasteiger partial charge in [-0.25, -0.2) is 0 Å². The fourth-order valence-corrected chi connectivity index (χ4v) is 2.11. The molecule has 0 aliphatic carbocycles. The number of hydrogen-bond donors (Lipinski definition) is 2. The second kappa shape index (κ2) is 5.46. The minimum atomic E-state index is -0.275. The largest absolute Gasteiger partial charge is 0.350 e. The summed E-state index contributed by atoms with van der Waals surface area (Å²) in [4.78, 5) is 11.6. The van der Waals surface area contributed by atoms with Crippen LogP contribution in [0.2, 0.25) is 0 Å². The van der Waals surface area contributed by atoms with E-state index in [1.54, 1.807) is 11.3 Å². The third-order valence-electron chi connectivity index (χ3n) is 2.42. The van der Waals surface area contributed by atoms with Crippen molar-refractivity contribution in [1.82, 2.24) is 5.32 Å². The van der Waals surface area contributed by atoms with Crippen LogP contribution in [0.15, 0.2) is 16.8 Å². The van der Waals surface area contributed by atoms with E-state index < -0.39 is 0 Å². The maximum absolute atomic E-state index is 11.6. The average Bonchev–Trinajstić information content (AvgIpc) is 2.66. The van der Waals surface area contributed by atoms with Gasteiger partial charge in [0.15, 0.2) is 0 Å². The van der Waals surface area contributed by atoms with E-state index in [4.69, 9.17) is 5.73 Å². The molecule has 3 nitrogen and oxygen atoms in total. The lowest BCUT2D eigenvalue weighted by Crippen LogP contribution is -2.35. The number of hydrogen-bond acceptors (Lipinski definition) is 3. The molecule has 0 fully saturated rings. The first-order chi connectivity index (χ1) is 7.38. The SMILES string of the molecule is CC(NC(=O)CCC(C)(C)N)c1ccsc1. The topological polar surface area (TPSA) is 55.1 Å². The van der Waals surface area contributed by atoms with Crippen molar-refractivity contribution in [2.75, 3.05) is 0 Å². The fraction of sp³-hybridized carbons (Fsp3) is 0.583. The Labute approximate surface area is 101 Å². The van der Waals surface area contributed by atoms with Crippen LogP contribution in [0.5, 0.6) is 0 Å². The summed E-state index contributed by atoms with van der Waals surface area (Å²) in [6, 6.07) is 2.11. The van der Waals surface area contributed by atoms with E-state index in [-0.39, 0.29) is 17.5 Å². The monoisotopic (exact) mass is 240 g/mol. The molecule has 0 saturated carbocycles. The van der Waals surface area contributed by atoms with Crippen molar-refractivity contribution < 1.29 is 4.79 Å². The Morgan fingerprint density at radius 3 is 2.81 bits per heavy atom. The molecule has 16 heavy (non-hydrogen) atoms. The van der Waals surface area contributed by atoms with Gasteiger partial charge in [0.2, 0.25) is 5.91 Å². The summed E-state index contributed by atoms with van der Waals surface area (Å²) in [6.45, 7) is 5.86. The summed E-state index contributed by atoms with van der Waals surface area (Å²) in [5, 5.41) is 7.04. The van der Waals surface area contributed by atoms with Crippen molar-refractivity contribution in [3.8, 4) is 0 Å². The van der Waals surface area contributed by atoms with E-state index in [9.17, 15) is 4.79 Å². The number of thiophene rings is 1. The van der Waals surface area contributed by atoms with Gasteiger partial charge in [-0.2, -0.15) is 11.3 Å². The molecule has 0 bridgehead atoms. The number of nitrogens with one attached hydrogen (secondary N) is 1. The quantitative estimate of drug-likeness (QED) is 0.830. The van der Waals surface area contributed by atoms with Crippen molar-refractivity contribution in [3.63, 3.8) is 0 Å². The van der Waals surface area contributed by atoms with Crippen molar-refractivity contribution in [2.45, 2.75) is 45.2 Å². The van der Waals surface area contributed by atoms with E-state index in [1.165, 1.54) is 0 Å². The summed E-state index contributed by atoms with van der Waals surface area (Å²) in [7, 11) is 0. The molecule has 1 aromatic rings. The minimum absolute atomic E-state index is 0.0669. The standard InChI is InChI=1S/C12H20N2OS/c1-9(10-5-7-16-8-10)14-11(15)4-6-12(2,3)13/h5,7-9H,4,6,13H2,1-3H3,(H,14,15). The van der Waals surface area contributed by atoms with E-state index in [0.29, 0.717) is 12.8 Å². The van der Waals surface area contributed by atoms with Gasteiger partial charge in [-0.05, 0) is 49.6 Å². The molecule has 1 aromatic heterocycles. The summed E-state index contributed by atoms with van der Waals surface area (Å²) in [5.41, 5.74) is 6.71. The summed E-state index contributed by atoms with van der Waals surface area (Å²) < 4.78 is 0. The summed E-state index contributed by atoms with van der Waals surface area (Å²) in [5.74, 6) is 0.0669. The van der Waals surface area contributed by atoms with Gasteiger partial charge in [0.1, 0.15) is 0 Å². The highest BCUT2D eigenvalue weighted by Gasteiger charge is 2.15. The minimum Gasteiger partial charge on any atom is -0.350 e. The van der Waals surface area contributed by atoms with Crippen LogP contribution in [0.1, 0.15) is 45.2 Å². The Hall–Kier alpha value is -0.870. The van der Waals surface area contributed by atoms with Gasteiger partial charge in [-0.15, -0.1) is 0 Å². The van der Waals surface area contributed by atoms with Gasteiger partial charge in [0.25, 0.3) is 0 Å². The number of nitrogens with two attached hydrogens (primary N) is 1. The van der Waals surface area contributed by atoms with E-state index in [1.807, 2.05) is 32.2 Å². The molecular weight excluding hydrogens is 220 g/mol. The zero-order valence-electron chi connectivity index (χ0n) is 10.1. The number of amides is 1. The van der Waals surface area contributed by atoms with E-state index in [2.05, 4.69) is 10.7 Å². The second-order valence-corrected chi connectivity index (χ2v) is 5.61. The van der Waals surface area contributed by atoms with Gasteiger partial charge in [-0.3, -0.25) is 4.79 Å². The smallest absolute Gasteiger partial charge is 0.220 e. The first-order valence-electron chi connectivity index (χ1n) is 5.49. The Balaban J connectivity index is 2.35. The molecule has 1 atom stereocenters. The number of rotatable bonds is 5. The van der Waals surface area contributed by atoms with E-state index >= 15 is 0 Å². The van der Waals surface area contributed by atoms with Gasteiger partial charge < -0.3 is 11.1 Å². The Kier molecular flexibility index (Phi) is 4.50. The Bertz CT molecular complexity index is 327. The summed E-state index contributed by atoms with van der Waals surface area (Å²) >= 11 is 1.64. The first-order valence-corrected chi connectivity index (χ1v) is 6.43. The Morgan fingerprint density at radius 1 is 1.62 bits per heavy atom. The molecule has 1 amide bonds. The molecule has 0 saturated heterocycles. The molecule has 0 radical (unpaired) electrons. The maximum atomic E-state index is 11.6. The molecule has 1 rings (SSSR count). The van der Waals surface area contributed by atoms with Crippen molar-refractivity contribution in [2.24, 2.45) is 5.73 Å². The normalized spacial score (nSPS) is 13.5. The average molecular weight is 240 g/mol. The molecule has 90 valence electrons. The lowest BCUT2D eigenvalue weighted by Gasteiger charge is -2.19. The molecule has 0 aromatic carbocycles. The Morgan fingerprint density at radius 2 is 2.31 bits per heavy atom. The highest BCUT2D eigenvalue weighted by molar-refractivity contribution is 7.07. The number of carbonyl (C=O) groups excluding carboxylic acids is 1. The predicted octanol–water partition coefficient (Wildman–Crippen LogP) is 2.44. The van der Waals surface area contributed by atoms with Crippen molar-refractivity contribution in [3.05, 3.63) is 22.4 Å². The molecule has 0 spiro atoms. The summed E-state index contributed by atoms with van der Waals surface area (Å²) in [6.07, 6.45) is 1.19. The van der Waals surface area contributed by atoms with Crippen LogP contribution < -0.4 is 11.1 Å². The van der Waals surface area contributed by atoms with Crippen LogP contribution in [-0.2, 0) is 4.79 Å². The zero-order chi connectivity index (χ0) is 12.2. The van der Waals surface area contributed by atoms with Crippen LogP contribution in [0.4, 0.5) is 0 Å². The fourth-order valence-electron chi connectivity index (χ4n) is 1.35. The second-order valence-electron chi connectivity index (χ2n) is 4.83. The molecule has 0 aliphatic rings. The first kappa shape index (κ1) is 13.2. The third kappa shape index (κ3) is 4.77. The zero-order valence-corrected chi connectivity index (χ0v) is 10.9. The molecule has 1 heterocycles. The molecular formula is C12H20N2OS. The molecule has 4 heteroatoms. The van der Waals surface area contributed by atoms with Gasteiger partial charge >= 0.3 is 0 Å². The van der Waals surface area contributed by atoms with E-state index in [0.717, 1.165) is 5.56 Å². The highest BCUT2D eigenvalue weighted by atomic mass is 32.1. The maximum Gasteiger partial charge on any atom is 0.220 e. The van der Waals surface area contributed by atoms with Crippen molar-refractivity contribution in [1.29, 1.82) is 0 Å². The van der Waals surface area contributed by atoms with Gasteiger partial charge in [-0.1, -0.05) is 0 Å².